The van der Waals surface area contributed by atoms with Crippen molar-refractivity contribution in [1.29, 1.82) is 0 Å². The molecule has 3 N–H and O–H groups in total. The Balaban J connectivity index is 0.00000320. The molecular formula is C20H25ClN6O3. The first-order valence-electron chi connectivity index (χ1n) is 9.41. The van der Waals surface area contributed by atoms with Crippen molar-refractivity contribution in [2.24, 2.45) is 5.73 Å². The number of anilines is 1. The summed E-state index contributed by atoms with van der Waals surface area (Å²) < 4.78 is 6.61. The molecule has 0 aliphatic carbocycles. The van der Waals surface area contributed by atoms with Gasteiger partial charge in [0, 0.05) is 23.5 Å². The molecule has 0 unspecified atom stereocenters. The molecule has 0 saturated heterocycles. The number of nitrogens with two attached hydrogens (primary N) is 1. The van der Waals surface area contributed by atoms with Gasteiger partial charge in [0.2, 0.25) is 5.91 Å². The lowest BCUT2D eigenvalue weighted by atomic mass is 10.1. The van der Waals surface area contributed by atoms with Gasteiger partial charge in [-0.2, -0.15) is 4.98 Å². The third-order valence-corrected chi connectivity index (χ3v) is 4.56. The molecule has 9 nitrogen and oxygen atoms in total. The van der Waals surface area contributed by atoms with Gasteiger partial charge >= 0.3 is 5.97 Å². The van der Waals surface area contributed by atoms with Gasteiger partial charge in [0.25, 0.3) is 5.78 Å². The van der Waals surface area contributed by atoms with Crippen LogP contribution in [0.2, 0.25) is 0 Å². The number of aromatic nitrogens is 4. The number of hydrogen-bond donors (Lipinski definition) is 2. The van der Waals surface area contributed by atoms with Crippen LogP contribution < -0.4 is 11.1 Å². The summed E-state index contributed by atoms with van der Waals surface area (Å²) in [6.07, 6.45) is 0.804. The average molecular weight is 433 g/mol. The van der Waals surface area contributed by atoms with Crippen molar-refractivity contribution in [3.63, 3.8) is 0 Å². The fourth-order valence-corrected chi connectivity index (χ4v) is 3.06. The van der Waals surface area contributed by atoms with Gasteiger partial charge in [0.1, 0.15) is 0 Å². The number of benzene rings is 1. The van der Waals surface area contributed by atoms with E-state index in [0.29, 0.717) is 35.9 Å². The minimum atomic E-state index is -0.384. The van der Waals surface area contributed by atoms with E-state index < -0.39 is 0 Å². The zero-order valence-corrected chi connectivity index (χ0v) is 18.0. The lowest BCUT2D eigenvalue weighted by Gasteiger charge is -2.11. The van der Waals surface area contributed by atoms with E-state index in [-0.39, 0.29) is 37.2 Å². The van der Waals surface area contributed by atoms with Crippen LogP contribution in [0.5, 0.6) is 0 Å². The predicted molar refractivity (Wildman–Crippen MR) is 115 cm³/mol. The first-order chi connectivity index (χ1) is 13.9. The normalized spacial score (nSPS) is 10.5. The second kappa shape index (κ2) is 10.1. The van der Waals surface area contributed by atoms with E-state index in [9.17, 15) is 9.59 Å². The Bertz CT molecular complexity index is 1050. The molecule has 0 aliphatic rings. The van der Waals surface area contributed by atoms with Crippen LogP contribution in [-0.2, 0) is 22.5 Å². The SMILES string of the molecule is CCOC(=O)c1ccc(NC(=O)CCc2c(C)nc3nc(CN)nn3c2C)cc1.Cl. The van der Waals surface area contributed by atoms with E-state index in [1.54, 1.807) is 35.7 Å². The highest BCUT2D eigenvalue weighted by Crippen LogP contribution is 2.17. The van der Waals surface area contributed by atoms with Gasteiger partial charge in [-0.1, -0.05) is 0 Å². The highest BCUT2D eigenvalue weighted by molar-refractivity contribution is 5.93. The van der Waals surface area contributed by atoms with Gasteiger partial charge in [-0.15, -0.1) is 17.5 Å². The van der Waals surface area contributed by atoms with Crippen molar-refractivity contribution in [2.45, 2.75) is 40.2 Å². The van der Waals surface area contributed by atoms with Crippen molar-refractivity contribution in [3.8, 4) is 0 Å². The minimum absolute atomic E-state index is 0. The zero-order valence-electron chi connectivity index (χ0n) is 17.1. The standard InChI is InChI=1S/C20H24N6O3.ClH/c1-4-29-19(28)14-5-7-15(8-6-14)23-18(27)10-9-16-12(2)22-20-24-17(11-21)25-26(20)13(16)3;/h5-8H,4,9-11,21H2,1-3H3,(H,23,27);1H. The van der Waals surface area contributed by atoms with Crippen LogP contribution in [0, 0.1) is 13.8 Å². The second-order valence-corrected chi connectivity index (χ2v) is 6.55. The number of nitrogens with one attached hydrogen (secondary N) is 1. The van der Waals surface area contributed by atoms with E-state index >= 15 is 0 Å². The molecule has 160 valence electrons. The van der Waals surface area contributed by atoms with Gasteiger partial charge in [-0.25, -0.2) is 14.3 Å². The van der Waals surface area contributed by atoms with Gasteiger partial charge < -0.3 is 15.8 Å². The zero-order chi connectivity index (χ0) is 21.0. The molecule has 10 heteroatoms. The summed E-state index contributed by atoms with van der Waals surface area (Å²) in [5.41, 5.74) is 9.34. The highest BCUT2D eigenvalue weighted by Gasteiger charge is 2.14. The molecule has 2 heterocycles. The summed E-state index contributed by atoms with van der Waals surface area (Å²) in [5, 5.41) is 7.18. The monoisotopic (exact) mass is 432 g/mol. The van der Waals surface area contributed by atoms with E-state index in [2.05, 4.69) is 20.4 Å². The fourth-order valence-electron chi connectivity index (χ4n) is 3.06. The van der Waals surface area contributed by atoms with E-state index in [0.717, 1.165) is 17.0 Å². The maximum Gasteiger partial charge on any atom is 0.338 e. The third-order valence-electron chi connectivity index (χ3n) is 4.56. The summed E-state index contributed by atoms with van der Waals surface area (Å²) in [6, 6.07) is 6.61. The molecule has 30 heavy (non-hydrogen) atoms. The largest absolute Gasteiger partial charge is 0.462 e. The molecule has 3 aromatic rings. The van der Waals surface area contributed by atoms with E-state index in [1.807, 2.05) is 13.8 Å². The van der Waals surface area contributed by atoms with Crippen molar-refractivity contribution >= 4 is 35.7 Å². The Morgan fingerprint density at radius 1 is 1.17 bits per heavy atom. The summed E-state index contributed by atoms with van der Waals surface area (Å²) in [5.74, 6) is 0.524. The third kappa shape index (κ3) is 5.11. The smallest absolute Gasteiger partial charge is 0.338 e. The van der Waals surface area contributed by atoms with Crippen LogP contribution in [-0.4, -0.2) is 38.1 Å². The maximum atomic E-state index is 12.4. The first kappa shape index (κ1) is 23.2. The molecule has 1 aromatic carbocycles. The lowest BCUT2D eigenvalue weighted by Crippen LogP contribution is -2.14. The molecule has 0 radical (unpaired) electrons. The molecule has 0 saturated carbocycles. The van der Waals surface area contributed by atoms with Crippen molar-refractivity contribution in [2.75, 3.05) is 11.9 Å². The molecule has 0 aliphatic heterocycles. The molecule has 1 amide bonds. The number of rotatable bonds is 7. The number of nitrogens with zero attached hydrogens (tertiary/aromatic N) is 4. The summed E-state index contributed by atoms with van der Waals surface area (Å²) in [6.45, 7) is 6.14. The van der Waals surface area contributed by atoms with Crippen LogP contribution in [0.4, 0.5) is 5.69 Å². The van der Waals surface area contributed by atoms with E-state index in [1.165, 1.54) is 0 Å². The Morgan fingerprint density at radius 3 is 2.50 bits per heavy atom. The number of esters is 1. The quantitative estimate of drug-likeness (QED) is 0.549. The summed E-state index contributed by atoms with van der Waals surface area (Å²) >= 11 is 0. The first-order valence-corrected chi connectivity index (χ1v) is 9.41. The van der Waals surface area contributed by atoms with Gasteiger partial charge in [0.05, 0.1) is 18.7 Å². The molecule has 0 fully saturated rings. The topological polar surface area (TPSA) is 124 Å². The lowest BCUT2D eigenvalue weighted by molar-refractivity contribution is -0.116. The van der Waals surface area contributed by atoms with Crippen molar-refractivity contribution in [1.82, 2.24) is 19.6 Å². The van der Waals surface area contributed by atoms with Gasteiger partial charge in [-0.05, 0) is 57.0 Å². The Kier molecular flexibility index (Phi) is 7.85. The number of ether oxygens (including phenoxy) is 1. The maximum absolute atomic E-state index is 12.4. The number of carbonyl (C=O) groups is 2. The molecule has 0 bridgehead atoms. The van der Waals surface area contributed by atoms with Gasteiger partial charge in [-0.3, -0.25) is 4.79 Å². The number of carbonyl (C=O) groups excluding carboxylic acids is 2. The van der Waals surface area contributed by atoms with Crippen LogP contribution in [0.15, 0.2) is 24.3 Å². The highest BCUT2D eigenvalue weighted by atomic mass is 35.5. The molecular weight excluding hydrogens is 408 g/mol. The Labute approximate surface area is 180 Å². The average Bonchev–Trinajstić information content (AvgIpc) is 3.12. The second-order valence-electron chi connectivity index (χ2n) is 6.55. The number of amides is 1. The molecule has 2 aromatic heterocycles. The number of fused-ring (bicyclic) bond motifs is 1. The summed E-state index contributed by atoms with van der Waals surface area (Å²) in [4.78, 5) is 32.8. The van der Waals surface area contributed by atoms with Gasteiger partial charge in [0.15, 0.2) is 5.82 Å². The Hall–Kier alpha value is -3.04. The van der Waals surface area contributed by atoms with E-state index in [4.69, 9.17) is 10.5 Å². The minimum Gasteiger partial charge on any atom is -0.462 e. The van der Waals surface area contributed by atoms with Crippen LogP contribution in [0.1, 0.15) is 46.5 Å². The van der Waals surface area contributed by atoms with Crippen molar-refractivity contribution in [3.05, 3.63) is 52.6 Å². The van der Waals surface area contributed by atoms with Crippen LogP contribution >= 0.6 is 12.4 Å². The number of halogens is 1. The number of hydrogen-bond acceptors (Lipinski definition) is 7. The fraction of sp³-hybridized carbons (Fsp3) is 0.350. The number of aryl methyl sites for hydroxylation is 2. The van der Waals surface area contributed by atoms with Crippen LogP contribution in [0.3, 0.4) is 0 Å². The van der Waals surface area contributed by atoms with Crippen molar-refractivity contribution < 1.29 is 14.3 Å². The Morgan fingerprint density at radius 2 is 1.87 bits per heavy atom. The molecule has 3 rings (SSSR count). The molecule has 0 atom stereocenters. The van der Waals surface area contributed by atoms with Crippen LogP contribution in [0.25, 0.3) is 5.78 Å². The predicted octanol–water partition coefficient (Wildman–Crippen LogP) is 2.37. The molecule has 0 spiro atoms. The summed E-state index contributed by atoms with van der Waals surface area (Å²) in [7, 11) is 0.